The Balaban J connectivity index is 1.33. The predicted octanol–water partition coefficient (Wildman–Crippen LogP) is 2.55. The van der Waals surface area contributed by atoms with Crippen molar-refractivity contribution < 1.29 is 18.5 Å². The normalized spacial score (nSPS) is 17.4. The van der Waals surface area contributed by atoms with E-state index in [4.69, 9.17) is 13.7 Å². The molecular formula is C18H18N4O4. The second kappa shape index (κ2) is 7.49. The van der Waals surface area contributed by atoms with E-state index in [1.807, 2.05) is 12.1 Å². The van der Waals surface area contributed by atoms with Crippen molar-refractivity contribution in [3.8, 4) is 11.4 Å². The molecule has 3 aromatic rings. The van der Waals surface area contributed by atoms with Gasteiger partial charge in [-0.05, 0) is 37.1 Å². The molecule has 4 heterocycles. The van der Waals surface area contributed by atoms with Crippen LogP contribution in [0.25, 0.3) is 11.4 Å². The molecule has 26 heavy (non-hydrogen) atoms. The summed E-state index contributed by atoms with van der Waals surface area (Å²) >= 11 is 0. The highest BCUT2D eigenvalue weighted by atomic mass is 16.5. The molecule has 134 valence electrons. The van der Waals surface area contributed by atoms with Crippen molar-refractivity contribution in [2.75, 3.05) is 13.1 Å². The Bertz CT molecular complexity index is 847. The fourth-order valence-corrected chi connectivity index (χ4v) is 2.94. The SMILES string of the molecule is O=C(c1ccco1)N1CCC[C@H](OCc2nc(-c3ccncc3)no2)C1. The van der Waals surface area contributed by atoms with Crippen molar-refractivity contribution in [1.82, 2.24) is 20.0 Å². The van der Waals surface area contributed by atoms with Gasteiger partial charge in [0.25, 0.3) is 11.8 Å². The lowest BCUT2D eigenvalue weighted by molar-refractivity contribution is -0.0160. The molecule has 8 heteroatoms. The van der Waals surface area contributed by atoms with Crippen LogP contribution in [0.4, 0.5) is 0 Å². The van der Waals surface area contributed by atoms with Crippen LogP contribution in [0.15, 0.2) is 51.9 Å². The molecule has 1 amide bonds. The molecule has 0 spiro atoms. The van der Waals surface area contributed by atoms with Gasteiger partial charge >= 0.3 is 0 Å². The van der Waals surface area contributed by atoms with Crippen LogP contribution in [0, 0.1) is 0 Å². The summed E-state index contributed by atoms with van der Waals surface area (Å²) in [6.45, 7) is 1.43. The number of rotatable bonds is 5. The van der Waals surface area contributed by atoms with Gasteiger partial charge in [0.05, 0.1) is 12.4 Å². The van der Waals surface area contributed by atoms with Crippen molar-refractivity contribution in [1.29, 1.82) is 0 Å². The summed E-state index contributed by atoms with van der Waals surface area (Å²) in [5.41, 5.74) is 0.836. The van der Waals surface area contributed by atoms with Gasteiger partial charge in [-0.2, -0.15) is 4.98 Å². The number of hydrogen-bond donors (Lipinski definition) is 0. The Morgan fingerprint density at radius 3 is 3.00 bits per heavy atom. The van der Waals surface area contributed by atoms with E-state index in [-0.39, 0.29) is 18.6 Å². The molecule has 0 radical (unpaired) electrons. The lowest BCUT2D eigenvalue weighted by atomic mass is 10.1. The Kier molecular flexibility index (Phi) is 4.74. The third kappa shape index (κ3) is 3.65. The third-order valence-corrected chi connectivity index (χ3v) is 4.25. The Labute approximate surface area is 149 Å². The standard InChI is InChI=1S/C18H18N4O4/c23-18(15-4-2-10-24-15)22-9-1-3-14(11-22)25-12-16-20-17(21-26-16)13-5-7-19-8-6-13/h2,4-8,10,14H,1,3,9,11-12H2/t14-/m0/s1. The smallest absolute Gasteiger partial charge is 0.289 e. The highest BCUT2D eigenvalue weighted by Gasteiger charge is 2.26. The number of ether oxygens (including phenoxy) is 1. The summed E-state index contributed by atoms with van der Waals surface area (Å²) in [4.78, 5) is 22.4. The summed E-state index contributed by atoms with van der Waals surface area (Å²) < 4.78 is 16.3. The molecule has 1 aliphatic rings. The monoisotopic (exact) mass is 354 g/mol. The lowest BCUT2D eigenvalue weighted by Crippen LogP contribution is -2.43. The van der Waals surface area contributed by atoms with Crippen LogP contribution in [0.3, 0.4) is 0 Å². The molecule has 0 aromatic carbocycles. The maximum Gasteiger partial charge on any atom is 0.289 e. The summed E-state index contributed by atoms with van der Waals surface area (Å²) in [6, 6.07) is 7.01. The molecule has 1 saturated heterocycles. The summed E-state index contributed by atoms with van der Waals surface area (Å²) in [5.74, 6) is 1.15. The minimum Gasteiger partial charge on any atom is -0.459 e. The number of hydrogen-bond acceptors (Lipinski definition) is 7. The molecule has 0 bridgehead atoms. The first-order valence-corrected chi connectivity index (χ1v) is 8.47. The van der Waals surface area contributed by atoms with Gasteiger partial charge < -0.3 is 18.6 Å². The number of pyridine rings is 1. The topological polar surface area (TPSA) is 94.5 Å². The van der Waals surface area contributed by atoms with Crippen LogP contribution < -0.4 is 0 Å². The molecule has 0 aliphatic carbocycles. The molecule has 8 nitrogen and oxygen atoms in total. The van der Waals surface area contributed by atoms with Crippen molar-refractivity contribution in [3.63, 3.8) is 0 Å². The first-order chi connectivity index (χ1) is 12.8. The van der Waals surface area contributed by atoms with E-state index >= 15 is 0 Å². The van der Waals surface area contributed by atoms with Gasteiger partial charge in [-0.25, -0.2) is 0 Å². The number of amides is 1. The minimum absolute atomic E-state index is 0.0704. The van der Waals surface area contributed by atoms with Gasteiger partial charge in [-0.3, -0.25) is 9.78 Å². The van der Waals surface area contributed by atoms with Gasteiger partial charge in [0.15, 0.2) is 5.76 Å². The zero-order chi connectivity index (χ0) is 17.8. The van der Waals surface area contributed by atoms with Crippen molar-refractivity contribution >= 4 is 5.91 Å². The van der Waals surface area contributed by atoms with E-state index in [1.54, 1.807) is 29.4 Å². The molecule has 1 aliphatic heterocycles. The van der Waals surface area contributed by atoms with Crippen LogP contribution in [0.1, 0.15) is 29.3 Å². The summed E-state index contributed by atoms with van der Waals surface area (Å²) in [6.07, 6.45) is 6.54. The molecule has 0 unspecified atom stereocenters. The molecule has 0 saturated carbocycles. The quantitative estimate of drug-likeness (QED) is 0.695. The molecule has 0 N–H and O–H groups in total. The number of carbonyl (C=O) groups is 1. The van der Waals surface area contributed by atoms with Crippen molar-refractivity contribution in [2.45, 2.75) is 25.6 Å². The van der Waals surface area contributed by atoms with E-state index in [1.165, 1.54) is 6.26 Å². The van der Waals surface area contributed by atoms with E-state index in [0.29, 0.717) is 30.6 Å². The predicted molar refractivity (Wildman–Crippen MR) is 90.0 cm³/mol. The molecule has 4 rings (SSSR count). The van der Waals surface area contributed by atoms with Crippen LogP contribution in [0.2, 0.25) is 0 Å². The van der Waals surface area contributed by atoms with Crippen LogP contribution >= 0.6 is 0 Å². The Morgan fingerprint density at radius 2 is 2.19 bits per heavy atom. The second-order valence-electron chi connectivity index (χ2n) is 6.05. The summed E-state index contributed by atoms with van der Waals surface area (Å²) in [5, 5.41) is 3.96. The number of nitrogens with zero attached hydrogens (tertiary/aromatic N) is 4. The maximum atomic E-state index is 12.4. The van der Waals surface area contributed by atoms with Gasteiger partial charge in [-0.15, -0.1) is 0 Å². The molecular weight excluding hydrogens is 336 g/mol. The zero-order valence-electron chi connectivity index (χ0n) is 14.1. The van der Waals surface area contributed by atoms with E-state index < -0.39 is 0 Å². The maximum absolute atomic E-state index is 12.4. The average Bonchev–Trinajstić information content (AvgIpc) is 3.39. The largest absolute Gasteiger partial charge is 0.459 e. The number of piperidine rings is 1. The fraction of sp³-hybridized carbons (Fsp3) is 0.333. The minimum atomic E-state index is -0.110. The Hall–Kier alpha value is -3.00. The zero-order valence-corrected chi connectivity index (χ0v) is 14.1. The van der Waals surface area contributed by atoms with Gasteiger partial charge in [0.2, 0.25) is 5.82 Å². The number of aromatic nitrogens is 3. The number of carbonyl (C=O) groups excluding carboxylic acids is 1. The van der Waals surface area contributed by atoms with Crippen molar-refractivity contribution in [2.24, 2.45) is 0 Å². The Morgan fingerprint density at radius 1 is 1.31 bits per heavy atom. The first-order valence-electron chi connectivity index (χ1n) is 8.47. The molecule has 1 fully saturated rings. The number of likely N-dealkylation sites (tertiary alicyclic amines) is 1. The van der Waals surface area contributed by atoms with E-state index in [9.17, 15) is 4.79 Å². The number of furan rings is 1. The fourth-order valence-electron chi connectivity index (χ4n) is 2.94. The van der Waals surface area contributed by atoms with Crippen LogP contribution in [-0.4, -0.2) is 45.1 Å². The second-order valence-corrected chi connectivity index (χ2v) is 6.05. The van der Waals surface area contributed by atoms with E-state index in [2.05, 4.69) is 15.1 Å². The van der Waals surface area contributed by atoms with Gasteiger partial charge in [0, 0.05) is 31.0 Å². The third-order valence-electron chi connectivity index (χ3n) is 4.25. The van der Waals surface area contributed by atoms with Crippen LogP contribution in [-0.2, 0) is 11.3 Å². The first kappa shape index (κ1) is 16.5. The van der Waals surface area contributed by atoms with E-state index in [0.717, 1.165) is 18.4 Å². The van der Waals surface area contributed by atoms with Gasteiger partial charge in [0.1, 0.15) is 6.61 Å². The van der Waals surface area contributed by atoms with Gasteiger partial charge in [-0.1, -0.05) is 5.16 Å². The lowest BCUT2D eigenvalue weighted by Gasteiger charge is -2.31. The molecule has 3 aromatic heterocycles. The molecule has 1 atom stereocenters. The highest BCUT2D eigenvalue weighted by molar-refractivity contribution is 5.91. The summed E-state index contributed by atoms with van der Waals surface area (Å²) in [7, 11) is 0. The highest BCUT2D eigenvalue weighted by Crippen LogP contribution is 2.19. The van der Waals surface area contributed by atoms with Crippen molar-refractivity contribution in [3.05, 3.63) is 54.6 Å². The van der Waals surface area contributed by atoms with Crippen LogP contribution in [0.5, 0.6) is 0 Å². The average molecular weight is 354 g/mol.